The Bertz CT molecular complexity index is 466. The van der Waals surface area contributed by atoms with E-state index in [0.29, 0.717) is 0 Å². The van der Waals surface area contributed by atoms with Crippen LogP contribution in [0.3, 0.4) is 0 Å². The summed E-state index contributed by atoms with van der Waals surface area (Å²) in [6, 6.07) is 19.1. The van der Waals surface area contributed by atoms with Crippen LogP contribution in [0, 0.1) is 6.92 Å². The molecule has 0 atom stereocenters. The summed E-state index contributed by atoms with van der Waals surface area (Å²) < 4.78 is 0. The van der Waals surface area contributed by atoms with Gasteiger partial charge in [-0.05, 0) is 24.5 Å². The smallest absolute Gasteiger partial charge is 0.00941 e. The predicted molar refractivity (Wildman–Crippen MR) is 70.4 cm³/mol. The molecule has 0 N–H and O–H groups in total. The Kier molecular flexibility index (Phi) is 3.55. The van der Waals surface area contributed by atoms with E-state index in [4.69, 9.17) is 0 Å². The van der Waals surface area contributed by atoms with Crippen molar-refractivity contribution in [3.05, 3.63) is 77.4 Å². The van der Waals surface area contributed by atoms with E-state index in [2.05, 4.69) is 67.6 Å². The number of benzene rings is 2. The Morgan fingerprint density at radius 1 is 0.938 bits per heavy atom. The number of aryl methyl sites for hydroxylation is 1. The van der Waals surface area contributed by atoms with Gasteiger partial charge in [0.2, 0.25) is 0 Å². The molecule has 16 heavy (non-hydrogen) atoms. The van der Waals surface area contributed by atoms with Gasteiger partial charge >= 0.3 is 0 Å². The van der Waals surface area contributed by atoms with Crippen molar-refractivity contribution in [1.29, 1.82) is 0 Å². The molecule has 2 rings (SSSR count). The van der Waals surface area contributed by atoms with Crippen LogP contribution >= 0.6 is 0 Å². The van der Waals surface area contributed by atoms with Gasteiger partial charge < -0.3 is 0 Å². The minimum atomic E-state index is 0.995. The van der Waals surface area contributed by atoms with E-state index < -0.39 is 0 Å². The van der Waals surface area contributed by atoms with E-state index >= 15 is 0 Å². The zero-order valence-electron chi connectivity index (χ0n) is 9.56. The highest BCUT2D eigenvalue weighted by molar-refractivity contribution is 5.50. The second-order valence-electron chi connectivity index (χ2n) is 4.01. The maximum Gasteiger partial charge on any atom is -0.00941 e. The van der Waals surface area contributed by atoms with E-state index in [9.17, 15) is 0 Å². The van der Waals surface area contributed by atoms with Crippen LogP contribution in [0.5, 0.6) is 0 Å². The van der Waals surface area contributed by atoms with Crippen molar-refractivity contribution in [2.45, 2.75) is 13.3 Å². The molecule has 2 aromatic rings. The molecule has 0 aliphatic rings. The summed E-state index contributed by atoms with van der Waals surface area (Å²) >= 11 is 0. The van der Waals surface area contributed by atoms with Crippen LogP contribution in [0.4, 0.5) is 0 Å². The van der Waals surface area contributed by atoms with Crippen LogP contribution in [-0.4, -0.2) is 0 Å². The summed E-state index contributed by atoms with van der Waals surface area (Å²) in [6.07, 6.45) is 5.39. The standard InChI is InChI=1S/C16H16/c1-14-7-5-11-16(13-14)12-6-10-15-8-3-2-4-9-15/h2-9,11-13H,10H2,1H3/b12-6+. The fraction of sp³-hybridized carbons (Fsp3) is 0.125. The molecule has 0 nitrogen and oxygen atoms in total. The second-order valence-corrected chi connectivity index (χ2v) is 4.01. The first-order valence-electron chi connectivity index (χ1n) is 5.62. The van der Waals surface area contributed by atoms with E-state index in [-0.39, 0.29) is 0 Å². The largest absolute Gasteiger partial charge is 0.0795 e. The lowest BCUT2D eigenvalue weighted by Crippen LogP contribution is -1.79. The zero-order chi connectivity index (χ0) is 11.2. The molecule has 0 aliphatic carbocycles. The van der Waals surface area contributed by atoms with Gasteiger partial charge in [-0.2, -0.15) is 0 Å². The van der Waals surface area contributed by atoms with Gasteiger partial charge in [0.15, 0.2) is 0 Å². The van der Waals surface area contributed by atoms with E-state index in [1.165, 1.54) is 16.7 Å². The topological polar surface area (TPSA) is 0 Å². The molecule has 0 heterocycles. The Morgan fingerprint density at radius 3 is 2.50 bits per heavy atom. The van der Waals surface area contributed by atoms with Gasteiger partial charge in [0, 0.05) is 0 Å². The summed E-state index contributed by atoms with van der Waals surface area (Å²) in [5, 5.41) is 0. The van der Waals surface area contributed by atoms with Crippen molar-refractivity contribution < 1.29 is 0 Å². The molecule has 0 unspecified atom stereocenters. The lowest BCUT2D eigenvalue weighted by atomic mass is 10.1. The van der Waals surface area contributed by atoms with E-state index in [1.54, 1.807) is 0 Å². The molecule has 0 radical (unpaired) electrons. The lowest BCUT2D eigenvalue weighted by Gasteiger charge is -1.96. The van der Waals surface area contributed by atoms with Gasteiger partial charge in [-0.15, -0.1) is 0 Å². The minimum absolute atomic E-state index is 0.995. The van der Waals surface area contributed by atoms with Crippen LogP contribution in [0.1, 0.15) is 16.7 Å². The van der Waals surface area contributed by atoms with Gasteiger partial charge in [-0.1, -0.05) is 72.3 Å². The Balaban J connectivity index is 2.00. The fourth-order valence-corrected chi connectivity index (χ4v) is 1.72. The molecule has 0 saturated heterocycles. The van der Waals surface area contributed by atoms with Crippen LogP contribution in [0.15, 0.2) is 60.7 Å². The maximum atomic E-state index is 2.21. The first-order chi connectivity index (χ1) is 7.84. The fourth-order valence-electron chi connectivity index (χ4n) is 1.72. The van der Waals surface area contributed by atoms with Gasteiger partial charge in [0.05, 0.1) is 0 Å². The highest BCUT2D eigenvalue weighted by atomic mass is 13.9. The Labute approximate surface area is 97.3 Å². The quantitative estimate of drug-likeness (QED) is 0.707. The average molecular weight is 208 g/mol. The highest BCUT2D eigenvalue weighted by Gasteiger charge is 1.88. The molecular formula is C16H16. The zero-order valence-corrected chi connectivity index (χ0v) is 9.56. The first-order valence-corrected chi connectivity index (χ1v) is 5.62. The molecular weight excluding hydrogens is 192 g/mol. The normalized spacial score (nSPS) is 10.8. The van der Waals surface area contributed by atoms with Crippen molar-refractivity contribution in [3.63, 3.8) is 0 Å². The summed E-state index contributed by atoms with van der Waals surface area (Å²) in [5.74, 6) is 0. The molecule has 0 heteroatoms. The Hall–Kier alpha value is -1.82. The van der Waals surface area contributed by atoms with Gasteiger partial charge in [-0.25, -0.2) is 0 Å². The summed E-state index contributed by atoms with van der Waals surface area (Å²) in [5.41, 5.74) is 3.93. The molecule has 2 aromatic carbocycles. The van der Waals surface area contributed by atoms with Crippen molar-refractivity contribution in [3.8, 4) is 0 Å². The maximum absolute atomic E-state index is 2.21. The number of allylic oxidation sites excluding steroid dienone is 1. The van der Waals surface area contributed by atoms with Gasteiger partial charge in [-0.3, -0.25) is 0 Å². The average Bonchev–Trinajstić information content (AvgIpc) is 2.30. The third kappa shape index (κ3) is 3.09. The van der Waals surface area contributed by atoms with Crippen LogP contribution in [0.2, 0.25) is 0 Å². The van der Waals surface area contributed by atoms with Gasteiger partial charge in [0.25, 0.3) is 0 Å². The third-order valence-corrected chi connectivity index (χ3v) is 2.55. The number of hydrogen-bond acceptors (Lipinski definition) is 0. The molecule has 0 spiro atoms. The molecule has 0 fully saturated rings. The van der Waals surface area contributed by atoms with Crippen LogP contribution in [0.25, 0.3) is 6.08 Å². The number of rotatable bonds is 3. The molecule has 0 bridgehead atoms. The lowest BCUT2D eigenvalue weighted by molar-refractivity contribution is 1.28. The van der Waals surface area contributed by atoms with Crippen LogP contribution in [-0.2, 0) is 6.42 Å². The summed E-state index contributed by atoms with van der Waals surface area (Å²) in [7, 11) is 0. The predicted octanol–water partition coefficient (Wildman–Crippen LogP) is 4.25. The molecule has 0 aliphatic heterocycles. The van der Waals surface area contributed by atoms with E-state index in [0.717, 1.165) is 6.42 Å². The van der Waals surface area contributed by atoms with Crippen molar-refractivity contribution in [2.75, 3.05) is 0 Å². The molecule has 0 saturated carbocycles. The van der Waals surface area contributed by atoms with Crippen molar-refractivity contribution in [2.24, 2.45) is 0 Å². The number of hydrogen-bond donors (Lipinski definition) is 0. The first kappa shape index (κ1) is 10.7. The highest BCUT2D eigenvalue weighted by Crippen LogP contribution is 2.07. The molecule has 0 aromatic heterocycles. The summed E-state index contributed by atoms with van der Waals surface area (Å²) in [6.45, 7) is 2.12. The minimum Gasteiger partial charge on any atom is -0.0795 e. The SMILES string of the molecule is Cc1cccc(/C=C/Cc2ccccc2)c1. The molecule has 0 amide bonds. The summed E-state index contributed by atoms with van der Waals surface area (Å²) in [4.78, 5) is 0. The monoisotopic (exact) mass is 208 g/mol. The molecule has 80 valence electrons. The van der Waals surface area contributed by atoms with Gasteiger partial charge in [0.1, 0.15) is 0 Å². The van der Waals surface area contributed by atoms with Crippen molar-refractivity contribution in [1.82, 2.24) is 0 Å². The Morgan fingerprint density at radius 2 is 1.75 bits per heavy atom. The second kappa shape index (κ2) is 5.32. The van der Waals surface area contributed by atoms with Crippen molar-refractivity contribution >= 4 is 6.08 Å². The van der Waals surface area contributed by atoms with Crippen LogP contribution < -0.4 is 0 Å². The van der Waals surface area contributed by atoms with E-state index in [1.807, 2.05) is 6.07 Å². The third-order valence-electron chi connectivity index (χ3n) is 2.55.